The first-order chi connectivity index (χ1) is 16.3. The second-order valence-electron chi connectivity index (χ2n) is 8.62. The Kier molecular flexibility index (Phi) is 6.21. The first-order valence-electron chi connectivity index (χ1n) is 11.8. The molecule has 0 radical (unpaired) electrons. The zero-order valence-corrected chi connectivity index (χ0v) is 18.8. The van der Waals surface area contributed by atoms with E-state index in [1.54, 1.807) is 0 Å². The van der Waals surface area contributed by atoms with Gasteiger partial charge >= 0.3 is 0 Å². The Hall–Kier alpha value is -3.08. The SMILES string of the molecule is OCCOC1=CC=C(C2(c3ccc(OCCO)cc3)C3=C(C=CCC3)c3ccccc32)CC1. The van der Waals surface area contributed by atoms with Gasteiger partial charge in [-0.1, -0.05) is 60.2 Å². The summed E-state index contributed by atoms with van der Waals surface area (Å²) in [5.41, 5.74) is 7.77. The Morgan fingerprint density at radius 1 is 0.818 bits per heavy atom. The third-order valence-corrected chi connectivity index (χ3v) is 6.86. The summed E-state index contributed by atoms with van der Waals surface area (Å²) in [6, 6.07) is 17.2. The number of benzene rings is 2. The second-order valence-corrected chi connectivity index (χ2v) is 8.62. The van der Waals surface area contributed by atoms with Crippen LogP contribution in [0.25, 0.3) is 5.57 Å². The van der Waals surface area contributed by atoms with E-state index in [1.165, 1.54) is 33.4 Å². The van der Waals surface area contributed by atoms with Crippen molar-refractivity contribution in [2.75, 3.05) is 26.4 Å². The highest BCUT2D eigenvalue weighted by Gasteiger charge is 2.48. The molecule has 3 aliphatic carbocycles. The summed E-state index contributed by atoms with van der Waals surface area (Å²) < 4.78 is 11.4. The van der Waals surface area contributed by atoms with Crippen LogP contribution >= 0.6 is 0 Å². The lowest BCUT2D eigenvalue weighted by molar-refractivity contribution is 0.139. The molecule has 0 spiro atoms. The van der Waals surface area contributed by atoms with Crippen LogP contribution < -0.4 is 4.74 Å². The molecule has 0 saturated heterocycles. The van der Waals surface area contributed by atoms with Gasteiger partial charge in [-0.05, 0) is 65.3 Å². The Bertz CT molecular complexity index is 1140. The number of allylic oxidation sites excluding steroid dienone is 8. The van der Waals surface area contributed by atoms with Crippen LogP contribution in [-0.4, -0.2) is 36.6 Å². The first kappa shape index (κ1) is 21.7. The maximum absolute atomic E-state index is 9.12. The molecule has 0 amide bonds. The molecule has 4 heteroatoms. The smallest absolute Gasteiger partial charge is 0.119 e. The van der Waals surface area contributed by atoms with E-state index in [9.17, 15) is 0 Å². The van der Waals surface area contributed by atoms with Gasteiger partial charge in [0, 0.05) is 6.42 Å². The monoisotopic (exact) mass is 442 g/mol. The highest BCUT2D eigenvalue weighted by atomic mass is 16.5. The zero-order valence-electron chi connectivity index (χ0n) is 18.8. The van der Waals surface area contributed by atoms with Gasteiger partial charge in [0.25, 0.3) is 0 Å². The van der Waals surface area contributed by atoms with Crippen LogP contribution in [0.15, 0.2) is 89.7 Å². The average Bonchev–Trinajstić information content (AvgIpc) is 3.18. The molecule has 0 bridgehead atoms. The zero-order chi connectivity index (χ0) is 22.7. The molecule has 1 unspecified atom stereocenters. The van der Waals surface area contributed by atoms with Crippen molar-refractivity contribution in [3.05, 3.63) is 106 Å². The van der Waals surface area contributed by atoms with E-state index in [4.69, 9.17) is 19.7 Å². The molecule has 0 heterocycles. The van der Waals surface area contributed by atoms with E-state index in [1.807, 2.05) is 12.1 Å². The van der Waals surface area contributed by atoms with Gasteiger partial charge in [0.15, 0.2) is 0 Å². The van der Waals surface area contributed by atoms with Gasteiger partial charge in [-0.2, -0.15) is 0 Å². The summed E-state index contributed by atoms with van der Waals surface area (Å²) >= 11 is 0. The van der Waals surface area contributed by atoms with Gasteiger partial charge < -0.3 is 19.7 Å². The maximum Gasteiger partial charge on any atom is 0.119 e. The predicted octanol–water partition coefficient (Wildman–Crippen LogP) is 5.07. The minimum absolute atomic E-state index is 0.00154. The van der Waals surface area contributed by atoms with E-state index < -0.39 is 0 Å². The van der Waals surface area contributed by atoms with Crippen LogP contribution in [0, 0.1) is 0 Å². The maximum atomic E-state index is 9.12. The molecule has 2 N–H and O–H groups in total. The minimum atomic E-state index is -0.314. The largest absolute Gasteiger partial charge is 0.496 e. The fourth-order valence-corrected chi connectivity index (χ4v) is 5.59. The van der Waals surface area contributed by atoms with Crippen molar-refractivity contribution >= 4 is 5.57 Å². The van der Waals surface area contributed by atoms with E-state index in [0.29, 0.717) is 13.2 Å². The van der Waals surface area contributed by atoms with Gasteiger partial charge in [0.1, 0.15) is 19.0 Å². The average molecular weight is 443 g/mol. The van der Waals surface area contributed by atoms with E-state index in [-0.39, 0.29) is 18.6 Å². The lowest BCUT2D eigenvalue weighted by Crippen LogP contribution is -2.32. The number of aliphatic hydroxyl groups excluding tert-OH is 2. The molecule has 0 aromatic heterocycles. The summed E-state index contributed by atoms with van der Waals surface area (Å²) in [5.74, 6) is 1.70. The Balaban J connectivity index is 1.68. The molecule has 3 aliphatic rings. The van der Waals surface area contributed by atoms with Gasteiger partial charge in [-0.15, -0.1) is 0 Å². The second kappa shape index (κ2) is 9.42. The Morgan fingerprint density at radius 2 is 1.61 bits per heavy atom. The summed E-state index contributed by atoms with van der Waals surface area (Å²) in [6.07, 6.45) is 12.7. The fourth-order valence-electron chi connectivity index (χ4n) is 5.59. The van der Waals surface area contributed by atoms with Gasteiger partial charge in [-0.25, -0.2) is 0 Å². The highest BCUT2D eigenvalue weighted by molar-refractivity contribution is 5.90. The molecular formula is C29H30O4. The van der Waals surface area contributed by atoms with Crippen LogP contribution in [0.2, 0.25) is 0 Å². The molecular weight excluding hydrogens is 412 g/mol. The number of hydrogen-bond donors (Lipinski definition) is 2. The van der Waals surface area contributed by atoms with Crippen LogP contribution in [0.1, 0.15) is 42.4 Å². The molecule has 2 aromatic rings. The van der Waals surface area contributed by atoms with Gasteiger partial charge in [0.05, 0.1) is 24.4 Å². The summed E-state index contributed by atoms with van der Waals surface area (Å²) in [7, 11) is 0. The van der Waals surface area contributed by atoms with Crippen molar-refractivity contribution in [1.29, 1.82) is 0 Å². The van der Waals surface area contributed by atoms with Crippen LogP contribution in [0.3, 0.4) is 0 Å². The van der Waals surface area contributed by atoms with Crippen LogP contribution in [-0.2, 0) is 10.2 Å². The number of aliphatic hydroxyl groups is 2. The van der Waals surface area contributed by atoms with Gasteiger partial charge in [0.2, 0.25) is 0 Å². The molecule has 4 nitrogen and oxygen atoms in total. The van der Waals surface area contributed by atoms with Crippen LogP contribution in [0.5, 0.6) is 5.75 Å². The van der Waals surface area contributed by atoms with Gasteiger partial charge in [-0.3, -0.25) is 0 Å². The van der Waals surface area contributed by atoms with E-state index in [0.717, 1.165) is 37.2 Å². The molecule has 170 valence electrons. The summed E-state index contributed by atoms with van der Waals surface area (Å²) in [6.45, 7) is 0.651. The highest BCUT2D eigenvalue weighted by Crippen LogP contribution is 2.58. The number of ether oxygens (including phenoxy) is 2. The third kappa shape index (κ3) is 3.73. The molecule has 0 fully saturated rings. The molecule has 0 aliphatic heterocycles. The Morgan fingerprint density at radius 3 is 2.36 bits per heavy atom. The van der Waals surface area contributed by atoms with Crippen molar-refractivity contribution in [3.8, 4) is 5.75 Å². The molecule has 33 heavy (non-hydrogen) atoms. The quantitative estimate of drug-likeness (QED) is 0.599. The van der Waals surface area contributed by atoms with Crippen molar-refractivity contribution in [1.82, 2.24) is 0 Å². The van der Waals surface area contributed by atoms with Crippen molar-refractivity contribution in [3.63, 3.8) is 0 Å². The number of hydrogen-bond acceptors (Lipinski definition) is 4. The lowest BCUT2D eigenvalue weighted by Gasteiger charge is -2.39. The van der Waals surface area contributed by atoms with Crippen LogP contribution in [0.4, 0.5) is 0 Å². The van der Waals surface area contributed by atoms with Crippen molar-refractivity contribution in [2.24, 2.45) is 0 Å². The summed E-state index contributed by atoms with van der Waals surface area (Å²) in [4.78, 5) is 0. The predicted molar refractivity (Wildman–Crippen MR) is 130 cm³/mol. The van der Waals surface area contributed by atoms with Crippen molar-refractivity contribution in [2.45, 2.75) is 31.1 Å². The normalized spacial score (nSPS) is 21.3. The number of fused-ring (bicyclic) bond motifs is 2. The van der Waals surface area contributed by atoms with E-state index >= 15 is 0 Å². The minimum Gasteiger partial charge on any atom is -0.496 e. The number of rotatable bonds is 8. The third-order valence-electron chi connectivity index (χ3n) is 6.86. The first-order valence-corrected chi connectivity index (χ1v) is 11.8. The molecule has 2 aromatic carbocycles. The topological polar surface area (TPSA) is 58.9 Å². The lowest BCUT2D eigenvalue weighted by atomic mass is 9.63. The summed E-state index contributed by atoms with van der Waals surface area (Å²) in [5, 5.41) is 18.2. The molecule has 0 saturated carbocycles. The molecule has 5 rings (SSSR count). The van der Waals surface area contributed by atoms with E-state index in [2.05, 4.69) is 60.7 Å². The Labute approximate surface area is 195 Å². The standard InChI is InChI=1S/C29H30O4/c30-17-19-32-23-13-9-21(10-14-23)29(22-11-15-24(16-12-22)33-20-18-31)27-7-3-1-5-25(27)26-6-2-4-8-28(26)29/h1-3,5-7,9-11,13-15,30-31H,4,8,12,16-20H2. The molecule has 1 atom stereocenters. The fraction of sp³-hybridized carbons (Fsp3) is 0.310. The van der Waals surface area contributed by atoms with Crippen molar-refractivity contribution < 1.29 is 19.7 Å².